The minimum atomic E-state index is 0.188. The van der Waals surface area contributed by atoms with Gasteiger partial charge in [-0.3, -0.25) is 4.79 Å². The number of hydrogen-bond acceptors (Lipinski definition) is 2. The van der Waals surface area contributed by atoms with Gasteiger partial charge < -0.3 is 4.74 Å². The van der Waals surface area contributed by atoms with E-state index in [-0.39, 0.29) is 5.78 Å². The fourth-order valence-corrected chi connectivity index (χ4v) is 2.51. The number of aryl methyl sites for hydroxylation is 2. The van der Waals surface area contributed by atoms with Gasteiger partial charge in [0.05, 0.1) is 6.61 Å². The molecule has 1 saturated carbocycles. The fraction of sp³-hybridized carbons (Fsp3) is 0.562. The molecule has 0 aromatic heterocycles. The van der Waals surface area contributed by atoms with Gasteiger partial charge in [-0.15, -0.1) is 0 Å². The second kappa shape index (κ2) is 5.55. The first-order chi connectivity index (χ1) is 8.56. The molecule has 1 aliphatic rings. The summed E-state index contributed by atoms with van der Waals surface area (Å²) in [7, 11) is 0. The molecule has 0 heterocycles. The first-order valence-electron chi connectivity index (χ1n) is 6.78. The van der Waals surface area contributed by atoms with E-state index in [9.17, 15) is 4.79 Å². The molecule has 0 atom stereocenters. The summed E-state index contributed by atoms with van der Waals surface area (Å²) in [5.74, 6) is 1.84. The average molecular weight is 246 g/mol. The largest absolute Gasteiger partial charge is 0.493 e. The van der Waals surface area contributed by atoms with Crippen LogP contribution in [0.15, 0.2) is 12.1 Å². The summed E-state index contributed by atoms with van der Waals surface area (Å²) in [5.41, 5.74) is 3.38. The van der Waals surface area contributed by atoms with Crippen LogP contribution < -0.4 is 4.74 Å². The van der Waals surface area contributed by atoms with Crippen LogP contribution in [0.1, 0.15) is 42.9 Å². The van der Waals surface area contributed by atoms with Crippen molar-refractivity contribution >= 4 is 5.78 Å². The molecule has 0 aliphatic heterocycles. The standard InChI is InChI=1S/C16H22O2/c1-11-7-12(2)16(15(8-11)9-13(3)17)18-10-14-5-4-6-14/h7-8,14H,4-6,9-10H2,1-3H3. The van der Waals surface area contributed by atoms with Crippen LogP contribution in [0, 0.1) is 19.8 Å². The second-order valence-corrected chi connectivity index (χ2v) is 5.56. The molecule has 0 spiro atoms. The number of carbonyl (C=O) groups excluding carboxylic acids is 1. The van der Waals surface area contributed by atoms with Crippen LogP contribution >= 0.6 is 0 Å². The lowest BCUT2D eigenvalue weighted by Crippen LogP contribution is -2.20. The van der Waals surface area contributed by atoms with Crippen LogP contribution in [-0.2, 0) is 11.2 Å². The molecule has 0 saturated heterocycles. The van der Waals surface area contributed by atoms with Crippen LogP contribution in [0.5, 0.6) is 5.75 Å². The summed E-state index contributed by atoms with van der Waals surface area (Å²) in [4.78, 5) is 11.3. The van der Waals surface area contributed by atoms with Gasteiger partial charge in [0.1, 0.15) is 11.5 Å². The van der Waals surface area contributed by atoms with Crippen molar-refractivity contribution in [2.45, 2.75) is 46.5 Å². The first kappa shape index (κ1) is 13.1. The van der Waals surface area contributed by atoms with Crippen LogP contribution in [0.2, 0.25) is 0 Å². The van der Waals surface area contributed by atoms with Crippen molar-refractivity contribution in [3.8, 4) is 5.75 Å². The fourth-order valence-electron chi connectivity index (χ4n) is 2.51. The average Bonchev–Trinajstić information content (AvgIpc) is 2.18. The third-order valence-electron chi connectivity index (χ3n) is 3.62. The van der Waals surface area contributed by atoms with Gasteiger partial charge in [-0.2, -0.15) is 0 Å². The molecular formula is C16H22O2. The van der Waals surface area contributed by atoms with Crippen LogP contribution in [0.4, 0.5) is 0 Å². The van der Waals surface area contributed by atoms with Crippen molar-refractivity contribution < 1.29 is 9.53 Å². The van der Waals surface area contributed by atoms with Gasteiger partial charge in [-0.25, -0.2) is 0 Å². The van der Waals surface area contributed by atoms with Gasteiger partial charge in [0.25, 0.3) is 0 Å². The lowest BCUT2D eigenvalue weighted by Gasteiger charge is -2.26. The molecule has 18 heavy (non-hydrogen) atoms. The molecule has 0 radical (unpaired) electrons. The smallest absolute Gasteiger partial charge is 0.134 e. The molecule has 1 aromatic rings. The zero-order chi connectivity index (χ0) is 13.1. The van der Waals surface area contributed by atoms with E-state index in [1.807, 2.05) is 0 Å². The highest BCUT2D eigenvalue weighted by molar-refractivity contribution is 5.79. The van der Waals surface area contributed by atoms with E-state index in [2.05, 4.69) is 26.0 Å². The highest BCUT2D eigenvalue weighted by atomic mass is 16.5. The molecule has 2 nitrogen and oxygen atoms in total. The summed E-state index contributed by atoms with van der Waals surface area (Å²) in [6, 6.07) is 4.20. The van der Waals surface area contributed by atoms with E-state index >= 15 is 0 Å². The quantitative estimate of drug-likeness (QED) is 0.793. The van der Waals surface area contributed by atoms with Gasteiger partial charge in [0, 0.05) is 12.0 Å². The minimum Gasteiger partial charge on any atom is -0.493 e. The number of hydrogen-bond donors (Lipinski definition) is 0. The molecule has 2 heteroatoms. The van der Waals surface area contributed by atoms with Crippen LogP contribution in [0.3, 0.4) is 0 Å². The Bertz CT molecular complexity index is 445. The first-order valence-corrected chi connectivity index (χ1v) is 6.78. The Kier molecular flexibility index (Phi) is 4.05. The van der Waals surface area contributed by atoms with Gasteiger partial charge in [-0.05, 0) is 45.1 Å². The Labute approximate surface area is 109 Å². The Morgan fingerprint density at radius 3 is 2.61 bits per heavy atom. The summed E-state index contributed by atoms with van der Waals surface area (Å²) in [6.07, 6.45) is 4.38. The Morgan fingerprint density at radius 2 is 2.06 bits per heavy atom. The van der Waals surface area contributed by atoms with Gasteiger partial charge in [0.15, 0.2) is 0 Å². The van der Waals surface area contributed by atoms with E-state index in [1.54, 1.807) is 6.92 Å². The van der Waals surface area contributed by atoms with Gasteiger partial charge in [0.2, 0.25) is 0 Å². The summed E-state index contributed by atoms with van der Waals surface area (Å²) in [5, 5.41) is 0. The predicted molar refractivity (Wildman–Crippen MR) is 73.1 cm³/mol. The molecule has 2 rings (SSSR count). The lowest BCUT2D eigenvalue weighted by atomic mass is 9.86. The van der Waals surface area contributed by atoms with Gasteiger partial charge in [-0.1, -0.05) is 24.1 Å². The molecule has 1 fully saturated rings. The number of ether oxygens (including phenoxy) is 1. The lowest BCUT2D eigenvalue weighted by molar-refractivity contribution is -0.116. The molecular weight excluding hydrogens is 224 g/mol. The van der Waals surface area contributed by atoms with Gasteiger partial charge >= 0.3 is 0 Å². The van der Waals surface area contributed by atoms with E-state index in [4.69, 9.17) is 4.74 Å². The molecule has 0 unspecified atom stereocenters. The van der Waals surface area contributed by atoms with Crippen molar-refractivity contribution in [2.24, 2.45) is 5.92 Å². The van der Waals surface area contributed by atoms with Crippen LogP contribution in [0.25, 0.3) is 0 Å². The number of rotatable bonds is 5. The highest BCUT2D eigenvalue weighted by Gasteiger charge is 2.19. The Morgan fingerprint density at radius 1 is 1.33 bits per heavy atom. The predicted octanol–water partition coefficient (Wildman–Crippen LogP) is 3.61. The van der Waals surface area contributed by atoms with E-state index in [0.717, 1.165) is 29.4 Å². The zero-order valence-corrected chi connectivity index (χ0v) is 11.6. The molecule has 0 bridgehead atoms. The summed E-state index contributed by atoms with van der Waals surface area (Å²) >= 11 is 0. The normalized spacial score (nSPS) is 15.3. The minimum absolute atomic E-state index is 0.188. The second-order valence-electron chi connectivity index (χ2n) is 5.56. The number of benzene rings is 1. The zero-order valence-electron chi connectivity index (χ0n) is 11.6. The van der Waals surface area contributed by atoms with Crippen molar-refractivity contribution in [2.75, 3.05) is 6.61 Å². The number of Topliss-reactive ketones (excluding diaryl/α,β-unsaturated/α-hetero) is 1. The molecule has 0 N–H and O–H groups in total. The Balaban J connectivity index is 2.16. The molecule has 1 aliphatic carbocycles. The summed E-state index contributed by atoms with van der Waals surface area (Å²) in [6.45, 7) is 6.56. The van der Waals surface area contributed by atoms with E-state index in [1.165, 1.54) is 24.8 Å². The maximum absolute atomic E-state index is 11.3. The maximum atomic E-state index is 11.3. The maximum Gasteiger partial charge on any atom is 0.134 e. The van der Waals surface area contributed by atoms with Crippen LogP contribution in [-0.4, -0.2) is 12.4 Å². The third-order valence-corrected chi connectivity index (χ3v) is 3.62. The molecule has 98 valence electrons. The third kappa shape index (κ3) is 3.12. The monoisotopic (exact) mass is 246 g/mol. The Hall–Kier alpha value is -1.31. The highest BCUT2D eigenvalue weighted by Crippen LogP contribution is 2.30. The summed E-state index contributed by atoms with van der Waals surface area (Å²) < 4.78 is 5.98. The van der Waals surface area contributed by atoms with E-state index < -0.39 is 0 Å². The SMILES string of the molecule is CC(=O)Cc1cc(C)cc(C)c1OCC1CCC1. The van der Waals surface area contributed by atoms with Crippen molar-refractivity contribution in [1.82, 2.24) is 0 Å². The number of carbonyl (C=O) groups is 1. The van der Waals surface area contributed by atoms with E-state index in [0.29, 0.717) is 6.42 Å². The van der Waals surface area contributed by atoms with Crippen molar-refractivity contribution in [3.63, 3.8) is 0 Å². The van der Waals surface area contributed by atoms with Crippen molar-refractivity contribution in [1.29, 1.82) is 0 Å². The molecule has 0 amide bonds. The van der Waals surface area contributed by atoms with Crippen molar-refractivity contribution in [3.05, 3.63) is 28.8 Å². The number of ketones is 1. The topological polar surface area (TPSA) is 26.3 Å². The molecule has 1 aromatic carbocycles.